The van der Waals surface area contributed by atoms with Gasteiger partial charge in [-0.05, 0) is 37.6 Å². The SMILES string of the molecule is Cc1nc(Nc2ccc(F)cc2)cc(C(=O)N(C)C2CCS(=O)(=O)C2)n1. The molecule has 0 spiro atoms. The molecule has 1 aromatic heterocycles. The van der Waals surface area contributed by atoms with Crippen LogP contribution < -0.4 is 5.32 Å². The van der Waals surface area contributed by atoms with Crippen LogP contribution in [-0.4, -0.2) is 53.8 Å². The predicted octanol–water partition coefficient (Wildman–Crippen LogP) is 1.93. The molecule has 1 saturated heterocycles. The molecule has 1 amide bonds. The van der Waals surface area contributed by atoms with E-state index in [0.29, 0.717) is 23.8 Å². The molecule has 0 aliphatic carbocycles. The van der Waals surface area contributed by atoms with Crippen LogP contribution in [0.15, 0.2) is 30.3 Å². The van der Waals surface area contributed by atoms with E-state index in [9.17, 15) is 17.6 Å². The van der Waals surface area contributed by atoms with E-state index in [0.717, 1.165) is 0 Å². The van der Waals surface area contributed by atoms with Crippen molar-refractivity contribution < 1.29 is 17.6 Å². The first-order valence-corrected chi connectivity index (χ1v) is 9.91. The van der Waals surface area contributed by atoms with Crippen LogP contribution in [0.1, 0.15) is 22.7 Å². The highest BCUT2D eigenvalue weighted by Crippen LogP contribution is 2.20. The second-order valence-electron chi connectivity index (χ2n) is 6.29. The quantitative estimate of drug-likeness (QED) is 0.874. The molecule has 0 saturated carbocycles. The molecule has 2 heterocycles. The van der Waals surface area contributed by atoms with Crippen LogP contribution in [0.5, 0.6) is 0 Å². The highest BCUT2D eigenvalue weighted by molar-refractivity contribution is 7.91. The fourth-order valence-electron chi connectivity index (χ4n) is 2.85. The molecule has 7 nitrogen and oxygen atoms in total. The van der Waals surface area contributed by atoms with Gasteiger partial charge in [0.05, 0.1) is 11.5 Å². The smallest absolute Gasteiger partial charge is 0.272 e. The van der Waals surface area contributed by atoms with Crippen molar-refractivity contribution in [1.29, 1.82) is 0 Å². The Kier molecular flexibility index (Phi) is 4.90. The minimum absolute atomic E-state index is 0.0278. The van der Waals surface area contributed by atoms with E-state index in [1.807, 2.05) is 0 Å². The number of carbonyl (C=O) groups is 1. The number of carbonyl (C=O) groups excluding carboxylic acids is 1. The molecule has 1 N–H and O–H groups in total. The first kappa shape index (κ1) is 18.2. The molecule has 1 aromatic carbocycles. The molecule has 0 bridgehead atoms. The summed E-state index contributed by atoms with van der Waals surface area (Å²) in [4.78, 5) is 22.5. The summed E-state index contributed by atoms with van der Waals surface area (Å²) in [6, 6.07) is 6.90. The third-order valence-corrected chi connectivity index (χ3v) is 6.00. The number of anilines is 2. The molecule has 1 atom stereocenters. The zero-order chi connectivity index (χ0) is 18.9. The van der Waals surface area contributed by atoms with E-state index in [2.05, 4.69) is 15.3 Å². The van der Waals surface area contributed by atoms with Crippen molar-refractivity contribution in [1.82, 2.24) is 14.9 Å². The topological polar surface area (TPSA) is 92.3 Å². The third kappa shape index (κ3) is 4.16. The number of sulfone groups is 1. The predicted molar refractivity (Wildman–Crippen MR) is 95.6 cm³/mol. The summed E-state index contributed by atoms with van der Waals surface area (Å²) in [5.74, 6) is 0.154. The van der Waals surface area contributed by atoms with Crippen molar-refractivity contribution in [3.63, 3.8) is 0 Å². The van der Waals surface area contributed by atoms with Gasteiger partial charge in [-0.25, -0.2) is 22.8 Å². The van der Waals surface area contributed by atoms with Crippen molar-refractivity contribution in [3.05, 3.63) is 47.7 Å². The fraction of sp³-hybridized carbons (Fsp3) is 0.353. The average Bonchev–Trinajstić information content (AvgIpc) is 2.95. The minimum Gasteiger partial charge on any atom is -0.340 e. The molecule has 0 radical (unpaired) electrons. The summed E-state index contributed by atoms with van der Waals surface area (Å²) < 4.78 is 36.3. The Labute approximate surface area is 151 Å². The Morgan fingerprint density at radius 2 is 1.96 bits per heavy atom. The Hall–Kier alpha value is -2.55. The molecule has 1 aliphatic rings. The molecular weight excluding hydrogens is 359 g/mol. The summed E-state index contributed by atoms with van der Waals surface area (Å²) in [5.41, 5.74) is 0.798. The van der Waals surface area contributed by atoms with Gasteiger partial charge in [0.2, 0.25) is 0 Å². The number of nitrogens with zero attached hydrogens (tertiary/aromatic N) is 3. The van der Waals surface area contributed by atoms with Gasteiger partial charge in [-0.15, -0.1) is 0 Å². The fourth-order valence-corrected chi connectivity index (χ4v) is 4.62. The summed E-state index contributed by atoms with van der Waals surface area (Å²) in [7, 11) is -1.50. The second kappa shape index (κ2) is 6.99. The largest absolute Gasteiger partial charge is 0.340 e. The average molecular weight is 378 g/mol. The Morgan fingerprint density at radius 3 is 2.58 bits per heavy atom. The number of hydrogen-bond donors (Lipinski definition) is 1. The number of amides is 1. The van der Waals surface area contributed by atoms with Crippen LogP contribution in [0.2, 0.25) is 0 Å². The first-order valence-electron chi connectivity index (χ1n) is 8.09. The van der Waals surface area contributed by atoms with Crippen LogP contribution in [-0.2, 0) is 9.84 Å². The normalized spacial score (nSPS) is 18.5. The molecule has 3 rings (SSSR count). The Bertz CT molecular complexity index is 932. The molecule has 2 aromatic rings. The lowest BCUT2D eigenvalue weighted by Gasteiger charge is -2.23. The number of nitrogens with one attached hydrogen (secondary N) is 1. The van der Waals surface area contributed by atoms with E-state index >= 15 is 0 Å². The molecule has 1 fully saturated rings. The number of benzene rings is 1. The zero-order valence-corrected chi connectivity index (χ0v) is 15.3. The van der Waals surface area contributed by atoms with Crippen LogP contribution in [0.4, 0.5) is 15.9 Å². The van der Waals surface area contributed by atoms with Gasteiger partial charge in [-0.1, -0.05) is 0 Å². The lowest BCUT2D eigenvalue weighted by molar-refractivity contribution is 0.0741. The highest BCUT2D eigenvalue weighted by atomic mass is 32.2. The molecule has 26 heavy (non-hydrogen) atoms. The number of rotatable bonds is 4. The molecule has 1 unspecified atom stereocenters. The maximum Gasteiger partial charge on any atom is 0.272 e. The number of aryl methyl sites for hydroxylation is 1. The summed E-state index contributed by atoms with van der Waals surface area (Å²) in [6.45, 7) is 1.66. The lowest BCUT2D eigenvalue weighted by atomic mass is 10.2. The monoisotopic (exact) mass is 378 g/mol. The van der Waals surface area contributed by atoms with E-state index in [1.165, 1.54) is 23.1 Å². The van der Waals surface area contributed by atoms with Crippen molar-refractivity contribution in [3.8, 4) is 0 Å². The van der Waals surface area contributed by atoms with Gasteiger partial charge in [0.25, 0.3) is 5.91 Å². The van der Waals surface area contributed by atoms with Crippen LogP contribution in [0, 0.1) is 12.7 Å². The first-order chi connectivity index (χ1) is 12.2. The van der Waals surface area contributed by atoms with Crippen molar-refractivity contribution in [2.75, 3.05) is 23.9 Å². The number of hydrogen-bond acceptors (Lipinski definition) is 6. The van der Waals surface area contributed by atoms with Gasteiger partial charge in [0, 0.05) is 24.8 Å². The van der Waals surface area contributed by atoms with Gasteiger partial charge >= 0.3 is 0 Å². The zero-order valence-electron chi connectivity index (χ0n) is 14.4. The van der Waals surface area contributed by atoms with Gasteiger partial charge < -0.3 is 10.2 Å². The van der Waals surface area contributed by atoms with Gasteiger partial charge in [0.15, 0.2) is 9.84 Å². The molecule has 1 aliphatic heterocycles. The van der Waals surface area contributed by atoms with E-state index < -0.39 is 9.84 Å². The molecule has 9 heteroatoms. The van der Waals surface area contributed by atoms with Crippen LogP contribution in [0.3, 0.4) is 0 Å². The Morgan fingerprint density at radius 1 is 1.27 bits per heavy atom. The second-order valence-corrected chi connectivity index (χ2v) is 8.52. The van der Waals surface area contributed by atoms with E-state index in [1.54, 1.807) is 26.1 Å². The van der Waals surface area contributed by atoms with E-state index in [-0.39, 0.29) is 35.0 Å². The number of halogens is 1. The van der Waals surface area contributed by atoms with Gasteiger partial charge in [0.1, 0.15) is 23.2 Å². The van der Waals surface area contributed by atoms with Crippen LogP contribution in [0.25, 0.3) is 0 Å². The maximum absolute atomic E-state index is 13.0. The van der Waals surface area contributed by atoms with Crippen molar-refractivity contribution >= 4 is 27.2 Å². The minimum atomic E-state index is -3.09. The summed E-state index contributed by atoms with van der Waals surface area (Å²) in [6.07, 6.45) is 0.426. The van der Waals surface area contributed by atoms with Gasteiger partial charge in [-0.3, -0.25) is 4.79 Å². The molecular formula is C17H19FN4O3S. The van der Waals surface area contributed by atoms with Gasteiger partial charge in [-0.2, -0.15) is 0 Å². The molecule has 138 valence electrons. The van der Waals surface area contributed by atoms with E-state index in [4.69, 9.17) is 0 Å². The highest BCUT2D eigenvalue weighted by Gasteiger charge is 2.33. The standard InChI is InChI=1S/C17H19FN4O3S/c1-11-19-15(17(23)22(2)14-7-8-26(24,25)10-14)9-16(20-11)21-13-5-3-12(18)4-6-13/h3-6,9,14H,7-8,10H2,1-2H3,(H,19,20,21). The third-order valence-electron chi connectivity index (χ3n) is 4.25. The lowest BCUT2D eigenvalue weighted by Crippen LogP contribution is -2.38. The summed E-state index contributed by atoms with van der Waals surface area (Å²) in [5, 5.41) is 3.00. The maximum atomic E-state index is 13.0. The Balaban J connectivity index is 1.80. The van der Waals surface area contributed by atoms with Crippen LogP contribution >= 0.6 is 0 Å². The van der Waals surface area contributed by atoms with Crippen molar-refractivity contribution in [2.24, 2.45) is 0 Å². The van der Waals surface area contributed by atoms with Crippen molar-refractivity contribution in [2.45, 2.75) is 19.4 Å². The number of aromatic nitrogens is 2. The summed E-state index contributed by atoms with van der Waals surface area (Å²) >= 11 is 0.